The Morgan fingerprint density at radius 1 is 1.44 bits per heavy atom. The SMILES string of the molecule is COc1cccc(NC(=O)N2CCCC(=O)C2)c1. The van der Waals surface area contributed by atoms with Crippen molar-refractivity contribution in [2.45, 2.75) is 12.8 Å². The van der Waals surface area contributed by atoms with E-state index < -0.39 is 0 Å². The molecule has 1 aromatic rings. The van der Waals surface area contributed by atoms with Crippen molar-refractivity contribution in [2.24, 2.45) is 0 Å². The van der Waals surface area contributed by atoms with Crippen molar-refractivity contribution in [3.05, 3.63) is 24.3 Å². The predicted octanol–water partition coefficient (Wildman–Crippen LogP) is 1.89. The summed E-state index contributed by atoms with van der Waals surface area (Å²) >= 11 is 0. The van der Waals surface area contributed by atoms with Gasteiger partial charge in [0, 0.05) is 24.7 Å². The van der Waals surface area contributed by atoms with Crippen LogP contribution in [0.3, 0.4) is 0 Å². The van der Waals surface area contributed by atoms with Gasteiger partial charge in [-0.1, -0.05) is 6.07 Å². The van der Waals surface area contributed by atoms with E-state index in [2.05, 4.69) is 5.32 Å². The summed E-state index contributed by atoms with van der Waals surface area (Å²) < 4.78 is 5.08. The summed E-state index contributed by atoms with van der Waals surface area (Å²) in [5, 5.41) is 2.76. The van der Waals surface area contributed by atoms with Crippen molar-refractivity contribution in [3.8, 4) is 5.75 Å². The van der Waals surface area contributed by atoms with Gasteiger partial charge in [0.1, 0.15) is 5.75 Å². The van der Waals surface area contributed by atoms with Gasteiger partial charge in [0.2, 0.25) is 0 Å². The number of ether oxygens (including phenoxy) is 1. The Morgan fingerprint density at radius 2 is 2.28 bits per heavy atom. The molecule has 0 saturated carbocycles. The largest absolute Gasteiger partial charge is 0.497 e. The van der Waals surface area contributed by atoms with Crippen molar-refractivity contribution >= 4 is 17.5 Å². The van der Waals surface area contributed by atoms with Crippen LogP contribution in [0.25, 0.3) is 0 Å². The predicted molar refractivity (Wildman–Crippen MR) is 67.8 cm³/mol. The summed E-state index contributed by atoms with van der Waals surface area (Å²) in [4.78, 5) is 24.8. The monoisotopic (exact) mass is 248 g/mol. The zero-order chi connectivity index (χ0) is 13.0. The molecule has 96 valence electrons. The van der Waals surface area contributed by atoms with E-state index in [1.54, 1.807) is 31.4 Å². The first kappa shape index (κ1) is 12.4. The Labute approximate surface area is 106 Å². The average Bonchev–Trinajstić information content (AvgIpc) is 2.39. The number of Topliss-reactive ketones (excluding diaryl/α,β-unsaturated/α-hetero) is 1. The molecule has 1 heterocycles. The lowest BCUT2D eigenvalue weighted by molar-refractivity contribution is -0.121. The van der Waals surface area contributed by atoms with Gasteiger partial charge >= 0.3 is 6.03 Å². The minimum absolute atomic E-state index is 0.113. The molecule has 5 heteroatoms. The number of urea groups is 1. The number of piperidine rings is 1. The maximum absolute atomic E-state index is 11.9. The average molecular weight is 248 g/mol. The number of nitrogens with zero attached hydrogens (tertiary/aromatic N) is 1. The second kappa shape index (κ2) is 5.53. The van der Waals surface area contributed by atoms with Crippen molar-refractivity contribution in [1.82, 2.24) is 4.90 Å². The number of likely N-dealkylation sites (tertiary alicyclic amines) is 1. The second-order valence-corrected chi connectivity index (χ2v) is 4.23. The molecule has 0 atom stereocenters. The van der Waals surface area contributed by atoms with Crippen molar-refractivity contribution in [1.29, 1.82) is 0 Å². The highest BCUT2D eigenvalue weighted by Crippen LogP contribution is 2.17. The molecular formula is C13H16N2O3. The molecule has 1 fully saturated rings. The first-order valence-electron chi connectivity index (χ1n) is 5.91. The molecule has 1 N–H and O–H groups in total. The van der Waals surface area contributed by atoms with E-state index in [0.717, 1.165) is 6.42 Å². The highest BCUT2D eigenvalue weighted by Gasteiger charge is 2.21. The molecule has 1 aliphatic heterocycles. The number of nitrogens with one attached hydrogen (secondary N) is 1. The van der Waals surface area contributed by atoms with E-state index in [1.165, 1.54) is 4.90 Å². The molecule has 0 aromatic heterocycles. The number of benzene rings is 1. The van der Waals surface area contributed by atoms with Gasteiger partial charge in [-0.15, -0.1) is 0 Å². The topological polar surface area (TPSA) is 58.6 Å². The van der Waals surface area contributed by atoms with E-state index in [4.69, 9.17) is 4.74 Å². The van der Waals surface area contributed by atoms with E-state index in [-0.39, 0.29) is 18.4 Å². The van der Waals surface area contributed by atoms with Gasteiger partial charge in [0.05, 0.1) is 13.7 Å². The zero-order valence-corrected chi connectivity index (χ0v) is 10.3. The first-order chi connectivity index (χ1) is 8.69. The van der Waals surface area contributed by atoms with Crippen molar-refractivity contribution in [3.63, 3.8) is 0 Å². The fraction of sp³-hybridized carbons (Fsp3) is 0.385. The van der Waals surface area contributed by atoms with E-state index in [9.17, 15) is 9.59 Å². The third kappa shape index (κ3) is 3.00. The number of carbonyl (C=O) groups is 2. The van der Waals surface area contributed by atoms with Crippen LogP contribution in [-0.4, -0.2) is 36.9 Å². The lowest BCUT2D eigenvalue weighted by atomic mass is 10.1. The van der Waals surface area contributed by atoms with Crippen LogP contribution in [0.5, 0.6) is 5.75 Å². The second-order valence-electron chi connectivity index (χ2n) is 4.23. The summed E-state index contributed by atoms with van der Waals surface area (Å²) in [5.41, 5.74) is 0.664. The van der Waals surface area contributed by atoms with Crippen LogP contribution in [0, 0.1) is 0 Å². The summed E-state index contributed by atoms with van der Waals surface area (Å²) in [5.74, 6) is 0.796. The molecule has 18 heavy (non-hydrogen) atoms. The number of hydrogen-bond acceptors (Lipinski definition) is 3. The quantitative estimate of drug-likeness (QED) is 0.869. The minimum atomic E-state index is -0.240. The van der Waals surface area contributed by atoms with Gasteiger partial charge in [-0.05, 0) is 18.6 Å². The lowest BCUT2D eigenvalue weighted by Gasteiger charge is -2.25. The molecule has 1 aromatic carbocycles. The Balaban J connectivity index is 1.99. The first-order valence-corrected chi connectivity index (χ1v) is 5.91. The number of methoxy groups -OCH3 is 1. The third-order valence-corrected chi connectivity index (χ3v) is 2.86. The number of amides is 2. The Morgan fingerprint density at radius 3 is 3.00 bits per heavy atom. The van der Waals surface area contributed by atoms with Gasteiger partial charge in [-0.25, -0.2) is 4.79 Å². The molecule has 0 bridgehead atoms. The van der Waals surface area contributed by atoms with Crippen LogP contribution in [0.1, 0.15) is 12.8 Å². The molecule has 0 aliphatic carbocycles. The van der Waals surface area contributed by atoms with Crippen LogP contribution in [0.4, 0.5) is 10.5 Å². The highest BCUT2D eigenvalue weighted by atomic mass is 16.5. The van der Waals surface area contributed by atoms with Gasteiger partial charge in [0.15, 0.2) is 5.78 Å². The zero-order valence-electron chi connectivity index (χ0n) is 10.3. The lowest BCUT2D eigenvalue weighted by Crippen LogP contribution is -2.42. The summed E-state index contributed by atoms with van der Waals surface area (Å²) in [7, 11) is 1.57. The van der Waals surface area contributed by atoms with Crippen LogP contribution in [-0.2, 0) is 4.79 Å². The third-order valence-electron chi connectivity index (χ3n) is 2.86. The van der Waals surface area contributed by atoms with Crippen LogP contribution in [0.15, 0.2) is 24.3 Å². The fourth-order valence-electron chi connectivity index (χ4n) is 1.91. The molecule has 1 aliphatic rings. The number of anilines is 1. The van der Waals surface area contributed by atoms with Crippen LogP contribution >= 0.6 is 0 Å². The van der Waals surface area contributed by atoms with Crippen molar-refractivity contribution < 1.29 is 14.3 Å². The standard InChI is InChI=1S/C13H16N2O3/c1-18-12-6-2-4-10(8-12)14-13(17)15-7-3-5-11(16)9-15/h2,4,6,8H,3,5,7,9H2,1H3,(H,14,17). The summed E-state index contributed by atoms with van der Waals surface area (Å²) in [6.07, 6.45) is 1.31. The van der Waals surface area contributed by atoms with Crippen LogP contribution < -0.4 is 10.1 Å². The van der Waals surface area contributed by atoms with E-state index in [0.29, 0.717) is 24.4 Å². The number of ketones is 1. The molecular weight excluding hydrogens is 232 g/mol. The number of carbonyl (C=O) groups excluding carboxylic acids is 2. The maximum atomic E-state index is 11.9. The van der Waals surface area contributed by atoms with Gasteiger partial charge in [-0.2, -0.15) is 0 Å². The Kier molecular flexibility index (Phi) is 3.82. The molecule has 2 amide bonds. The number of rotatable bonds is 2. The normalized spacial score (nSPS) is 15.4. The van der Waals surface area contributed by atoms with Gasteiger partial charge < -0.3 is 15.0 Å². The maximum Gasteiger partial charge on any atom is 0.322 e. The molecule has 5 nitrogen and oxygen atoms in total. The smallest absolute Gasteiger partial charge is 0.322 e. The Hall–Kier alpha value is -2.04. The molecule has 0 unspecified atom stereocenters. The van der Waals surface area contributed by atoms with Crippen LogP contribution in [0.2, 0.25) is 0 Å². The summed E-state index contributed by atoms with van der Waals surface area (Å²) in [6.45, 7) is 0.831. The minimum Gasteiger partial charge on any atom is -0.497 e. The van der Waals surface area contributed by atoms with E-state index in [1.807, 2.05) is 0 Å². The highest BCUT2D eigenvalue weighted by molar-refractivity contribution is 5.93. The van der Waals surface area contributed by atoms with E-state index >= 15 is 0 Å². The molecule has 0 spiro atoms. The van der Waals surface area contributed by atoms with Gasteiger partial charge in [-0.3, -0.25) is 4.79 Å². The molecule has 1 saturated heterocycles. The summed E-state index contributed by atoms with van der Waals surface area (Å²) in [6, 6.07) is 6.89. The fourth-order valence-corrected chi connectivity index (χ4v) is 1.91. The molecule has 2 rings (SSSR count). The number of hydrogen-bond donors (Lipinski definition) is 1. The Bertz CT molecular complexity index is 459. The molecule has 0 radical (unpaired) electrons. The van der Waals surface area contributed by atoms with Crippen molar-refractivity contribution in [2.75, 3.05) is 25.5 Å². The van der Waals surface area contributed by atoms with Gasteiger partial charge in [0.25, 0.3) is 0 Å².